The number of ether oxygens (including phenoxy) is 1. The van der Waals surface area contributed by atoms with Crippen LogP contribution in [0, 0.1) is 0 Å². The molecule has 6 rings (SSSR count). The van der Waals surface area contributed by atoms with Crippen LogP contribution in [0.15, 0.2) is 60.1 Å². The van der Waals surface area contributed by atoms with E-state index in [9.17, 15) is 5.11 Å². The van der Waals surface area contributed by atoms with E-state index in [4.69, 9.17) is 20.6 Å². The van der Waals surface area contributed by atoms with Gasteiger partial charge < -0.3 is 30.7 Å². The molecule has 0 radical (unpaired) electrons. The summed E-state index contributed by atoms with van der Waals surface area (Å²) in [5.74, 6) is 0.580. The Kier molecular flexibility index (Phi) is 8.49. The number of benzene rings is 1. The van der Waals surface area contributed by atoms with Crippen LogP contribution in [-0.4, -0.2) is 82.9 Å². The fourth-order valence-electron chi connectivity index (χ4n) is 6.28. The maximum atomic E-state index is 9.96. The predicted octanol–water partition coefficient (Wildman–Crippen LogP) is 4.82. The molecule has 2 saturated heterocycles. The number of anilines is 2. The molecule has 0 spiro atoms. The van der Waals surface area contributed by atoms with Crippen LogP contribution in [-0.2, 0) is 11.2 Å². The van der Waals surface area contributed by atoms with Crippen LogP contribution >= 0.6 is 0 Å². The second-order valence-corrected chi connectivity index (χ2v) is 11.8. The minimum atomic E-state index is 0.159. The van der Waals surface area contributed by atoms with Crippen molar-refractivity contribution in [3.63, 3.8) is 0 Å². The normalized spacial score (nSPS) is 19.7. The summed E-state index contributed by atoms with van der Waals surface area (Å²) < 4.78 is 7.59. The third-order valence-electron chi connectivity index (χ3n) is 8.75. The van der Waals surface area contributed by atoms with Crippen LogP contribution in [0.4, 0.5) is 17.1 Å². The summed E-state index contributed by atoms with van der Waals surface area (Å²) in [5, 5.41) is 18.4. The summed E-state index contributed by atoms with van der Waals surface area (Å²) in [4.78, 5) is 14.2. The number of nitrogens with zero attached hydrogens (tertiary/aromatic N) is 6. The van der Waals surface area contributed by atoms with Gasteiger partial charge in [0.1, 0.15) is 11.6 Å². The summed E-state index contributed by atoms with van der Waals surface area (Å²) >= 11 is 0. The molecule has 4 aromatic rings. The van der Waals surface area contributed by atoms with Crippen molar-refractivity contribution in [3.05, 3.63) is 66.2 Å². The summed E-state index contributed by atoms with van der Waals surface area (Å²) in [6.07, 6.45) is 12.8. The highest BCUT2D eigenvalue weighted by Gasteiger charge is 2.24. The Bertz CT molecular complexity index is 1610. The largest absolute Gasteiger partial charge is 0.508 e. The monoisotopic (exact) mass is 582 g/mol. The molecule has 0 amide bonds. The molecule has 0 saturated carbocycles. The van der Waals surface area contributed by atoms with Gasteiger partial charge in [0.05, 0.1) is 41.3 Å². The number of rotatable bonds is 8. The van der Waals surface area contributed by atoms with Gasteiger partial charge in [0.25, 0.3) is 0 Å². The van der Waals surface area contributed by atoms with Crippen molar-refractivity contribution < 1.29 is 9.84 Å². The third kappa shape index (κ3) is 6.16. The lowest BCUT2D eigenvalue weighted by atomic mass is 10.1. The summed E-state index contributed by atoms with van der Waals surface area (Å²) in [6, 6.07) is 10.2. The van der Waals surface area contributed by atoms with Gasteiger partial charge in [0.15, 0.2) is 0 Å². The molecule has 43 heavy (non-hydrogen) atoms. The summed E-state index contributed by atoms with van der Waals surface area (Å²) in [6.45, 7) is 5.42. The van der Waals surface area contributed by atoms with E-state index in [1.807, 2.05) is 23.8 Å². The number of phenolic OH excluding ortho intramolecular Hbond substituents is 1. The molecule has 2 aliphatic heterocycles. The van der Waals surface area contributed by atoms with Crippen molar-refractivity contribution >= 4 is 28.4 Å². The van der Waals surface area contributed by atoms with Gasteiger partial charge in [-0.25, -0.2) is 9.51 Å². The maximum absolute atomic E-state index is 9.96. The number of nitrogens with one attached hydrogen (secondary N) is 1. The highest BCUT2D eigenvalue weighted by atomic mass is 16.5. The number of hydrogen-bond donors (Lipinski definition) is 3. The summed E-state index contributed by atoms with van der Waals surface area (Å²) in [7, 11) is 4.36. The molecule has 1 unspecified atom stereocenters. The zero-order chi connectivity index (χ0) is 29.9. The van der Waals surface area contributed by atoms with E-state index in [0.717, 1.165) is 84.5 Å². The quantitative estimate of drug-likeness (QED) is 0.200. The molecule has 10 nitrogen and oxygen atoms in total. The van der Waals surface area contributed by atoms with Crippen molar-refractivity contribution in [3.8, 4) is 16.9 Å². The molecule has 10 heteroatoms. The fourth-order valence-corrected chi connectivity index (χ4v) is 6.28. The highest BCUT2D eigenvalue weighted by Crippen LogP contribution is 2.36. The topological polar surface area (TPSA) is 117 Å². The first-order valence-electron chi connectivity index (χ1n) is 15.3. The van der Waals surface area contributed by atoms with Gasteiger partial charge in [-0.1, -0.05) is 6.92 Å². The molecule has 4 N–H and O–H groups in total. The van der Waals surface area contributed by atoms with Crippen molar-refractivity contribution in [1.82, 2.24) is 19.5 Å². The summed E-state index contributed by atoms with van der Waals surface area (Å²) in [5.41, 5.74) is 14.2. The third-order valence-corrected chi connectivity index (χ3v) is 8.75. The smallest absolute Gasteiger partial charge is 0.135 e. The average Bonchev–Trinajstić information content (AvgIpc) is 3.62. The Morgan fingerprint density at radius 2 is 2.05 bits per heavy atom. The standard InChI is InChI=1S/C33H42N8O2/c1-4-22-16-26(42)7-8-29(22)38-33(34)28-19-36-41-20-23(17-31(41)32(28)37-24-11-15-43-21-24)27-18-35-12-9-30(27)40-13-5-6-25(10-14-40)39(2)3/h7-9,12,16-20,24-25,37,42H,4-6,10-11,13-15,21H2,1-3H3,(H2,34,38)/t24-,25?/m1/s1. The number of aromatic nitrogens is 3. The number of aliphatic imine (C=N–C) groups is 1. The second kappa shape index (κ2) is 12.6. The molecule has 2 aliphatic rings. The molecular weight excluding hydrogens is 540 g/mol. The first-order valence-corrected chi connectivity index (χ1v) is 15.3. The van der Waals surface area contributed by atoms with Crippen LogP contribution in [0.1, 0.15) is 43.7 Å². The van der Waals surface area contributed by atoms with Gasteiger partial charge in [-0.3, -0.25) is 4.98 Å². The Labute approximate surface area is 253 Å². The first-order chi connectivity index (χ1) is 20.9. The van der Waals surface area contributed by atoms with E-state index >= 15 is 0 Å². The molecule has 2 fully saturated rings. The van der Waals surface area contributed by atoms with Crippen LogP contribution < -0.4 is 16.0 Å². The minimum Gasteiger partial charge on any atom is -0.508 e. The van der Waals surface area contributed by atoms with E-state index in [-0.39, 0.29) is 11.8 Å². The van der Waals surface area contributed by atoms with Crippen LogP contribution in [0.2, 0.25) is 0 Å². The number of aryl methyl sites for hydroxylation is 1. The van der Waals surface area contributed by atoms with Crippen LogP contribution in [0.5, 0.6) is 5.75 Å². The average molecular weight is 583 g/mol. The Morgan fingerprint density at radius 1 is 1.16 bits per heavy atom. The molecule has 3 aromatic heterocycles. The van der Waals surface area contributed by atoms with Gasteiger partial charge in [-0.2, -0.15) is 5.10 Å². The Morgan fingerprint density at radius 3 is 2.84 bits per heavy atom. The number of nitrogens with two attached hydrogens (primary N) is 1. The molecule has 0 aliphatic carbocycles. The second-order valence-electron chi connectivity index (χ2n) is 11.8. The van der Waals surface area contributed by atoms with Gasteiger partial charge in [0, 0.05) is 61.1 Å². The van der Waals surface area contributed by atoms with E-state index < -0.39 is 0 Å². The van der Waals surface area contributed by atoms with E-state index in [1.165, 1.54) is 12.1 Å². The molecule has 5 heterocycles. The molecule has 226 valence electrons. The van der Waals surface area contributed by atoms with Crippen molar-refractivity contribution in [1.29, 1.82) is 0 Å². The molecule has 0 bridgehead atoms. The van der Waals surface area contributed by atoms with Gasteiger partial charge >= 0.3 is 0 Å². The fraction of sp³-hybridized carbons (Fsp3) is 0.424. The minimum absolute atomic E-state index is 0.159. The Hall–Kier alpha value is -4.15. The van der Waals surface area contributed by atoms with Crippen LogP contribution in [0.3, 0.4) is 0 Å². The van der Waals surface area contributed by atoms with Crippen molar-refractivity contribution in [2.75, 3.05) is 50.6 Å². The highest BCUT2D eigenvalue weighted by molar-refractivity contribution is 6.06. The zero-order valence-corrected chi connectivity index (χ0v) is 25.3. The lowest BCUT2D eigenvalue weighted by Crippen LogP contribution is -2.30. The van der Waals surface area contributed by atoms with Crippen LogP contribution in [0.25, 0.3) is 16.6 Å². The molecule has 1 aromatic carbocycles. The maximum Gasteiger partial charge on any atom is 0.135 e. The number of aromatic hydroxyl groups is 1. The molecular formula is C33H42N8O2. The van der Waals surface area contributed by atoms with Crippen molar-refractivity contribution in [2.24, 2.45) is 10.7 Å². The lowest BCUT2D eigenvalue weighted by molar-refractivity contribution is 0.195. The first kappa shape index (κ1) is 28.9. The molecule has 2 atom stereocenters. The predicted molar refractivity (Wildman–Crippen MR) is 173 cm³/mol. The van der Waals surface area contributed by atoms with E-state index in [1.54, 1.807) is 24.4 Å². The van der Waals surface area contributed by atoms with Gasteiger partial charge in [0.2, 0.25) is 0 Å². The zero-order valence-electron chi connectivity index (χ0n) is 25.3. The van der Waals surface area contributed by atoms with Gasteiger partial charge in [-0.05, 0) is 82.1 Å². The number of fused-ring (bicyclic) bond motifs is 1. The van der Waals surface area contributed by atoms with Gasteiger partial charge in [-0.15, -0.1) is 0 Å². The number of pyridine rings is 1. The van der Waals surface area contributed by atoms with E-state index in [2.05, 4.69) is 52.5 Å². The number of hydrogen-bond acceptors (Lipinski definition) is 8. The Balaban J connectivity index is 1.41. The van der Waals surface area contributed by atoms with E-state index in [0.29, 0.717) is 18.5 Å². The number of phenols is 1. The number of amidine groups is 1. The van der Waals surface area contributed by atoms with Crippen molar-refractivity contribution in [2.45, 2.75) is 51.1 Å². The lowest BCUT2D eigenvalue weighted by Gasteiger charge is -2.26. The SMILES string of the molecule is CCc1cc(O)ccc1/N=C(\N)c1cnn2cc(-c3cnccc3N3CCCC(N(C)C)CC3)cc2c1N[C@@H]1CCOC1.